The first-order chi connectivity index (χ1) is 9.65. The number of nitrogens with one attached hydrogen (secondary N) is 1. The van der Waals surface area contributed by atoms with Crippen LogP contribution in [-0.4, -0.2) is 72.6 Å². The molecule has 0 aromatic rings. The maximum absolute atomic E-state index is 4.47. The Hall–Kier alpha value is -0.420. The Morgan fingerprint density at radius 2 is 2.10 bits per heavy atom. The highest BCUT2D eigenvalue weighted by molar-refractivity contribution is 8.00. The molecule has 1 aliphatic rings. The van der Waals surface area contributed by atoms with E-state index >= 15 is 0 Å². The van der Waals surface area contributed by atoms with Crippen molar-refractivity contribution in [3.8, 4) is 0 Å². The van der Waals surface area contributed by atoms with Crippen molar-refractivity contribution < 1.29 is 0 Å². The van der Waals surface area contributed by atoms with Crippen LogP contribution in [0.5, 0.6) is 0 Å². The monoisotopic (exact) mass is 300 g/mol. The molecule has 0 aromatic carbocycles. The molecular weight excluding hydrogens is 268 g/mol. The van der Waals surface area contributed by atoms with Crippen LogP contribution in [0.1, 0.15) is 34.1 Å². The van der Waals surface area contributed by atoms with E-state index in [-0.39, 0.29) is 0 Å². The Labute approximate surface area is 129 Å². The summed E-state index contributed by atoms with van der Waals surface area (Å²) in [5, 5.41) is 4.31. The molecule has 1 fully saturated rings. The third-order valence-corrected chi connectivity index (χ3v) is 5.47. The Morgan fingerprint density at radius 1 is 1.40 bits per heavy atom. The number of guanidine groups is 1. The van der Waals surface area contributed by atoms with Crippen LogP contribution < -0.4 is 5.32 Å². The minimum atomic E-state index is 0.544. The van der Waals surface area contributed by atoms with Gasteiger partial charge in [-0.3, -0.25) is 9.89 Å². The largest absolute Gasteiger partial charge is 0.355 e. The smallest absolute Gasteiger partial charge is 0.193 e. The first-order valence-electron chi connectivity index (χ1n) is 7.97. The molecule has 118 valence electrons. The molecule has 0 saturated carbocycles. The highest BCUT2D eigenvalue weighted by atomic mass is 32.2. The second-order valence-corrected chi connectivity index (χ2v) is 6.75. The summed E-state index contributed by atoms with van der Waals surface area (Å²) in [6.45, 7) is 14.4. The van der Waals surface area contributed by atoms with Crippen LogP contribution in [0.15, 0.2) is 4.99 Å². The van der Waals surface area contributed by atoms with Crippen LogP contribution in [0.2, 0.25) is 0 Å². The molecular formula is C15H32N4S. The third kappa shape index (κ3) is 5.17. The molecule has 0 radical (unpaired) electrons. The predicted molar refractivity (Wildman–Crippen MR) is 91.9 cm³/mol. The number of aliphatic imine (C=N–C) groups is 1. The molecule has 1 aliphatic heterocycles. The molecule has 20 heavy (non-hydrogen) atoms. The van der Waals surface area contributed by atoms with Crippen molar-refractivity contribution >= 4 is 17.7 Å². The quantitative estimate of drug-likeness (QED) is 0.601. The van der Waals surface area contributed by atoms with Gasteiger partial charge in [-0.1, -0.05) is 20.8 Å². The van der Waals surface area contributed by atoms with Crippen molar-refractivity contribution in [2.75, 3.05) is 45.5 Å². The number of thioether (sulfide) groups is 1. The highest BCUT2D eigenvalue weighted by Crippen LogP contribution is 2.20. The lowest BCUT2D eigenvalue weighted by molar-refractivity contribution is 0.230. The SMILES string of the molecule is CCC1CN(C(=NC)NCC(C)N(CC)CC)CCS1. The summed E-state index contributed by atoms with van der Waals surface area (Å²) >= 11 is 2.10. The van der Waals surface area contributed by atoms with Crippen LogP contribution in [0.3, 0.4) is 0 Å². The minimum absolute atomic E-state index is 0.544. The zero-order valence-electron chi connectivity index (χ0n) is 13.9. The molecule has 1 rings (SSSR count). The van der Waals surface area contributed by atoms with Gasteiger partial charge in [0.15, 0.2) is 5.96 Å². The van der Waals surface area contributed by atoms with Gasteiger partial charge in [0.2, 0.25) is 0 Å². The van der Waals surface area contributed by atoms with E-state index in [0.717, 1.165) is 43.9 Å². The number of hydrogen-bond acceptors (Lipinski definition) is 3. The van der Waals surface area contributed by atoms with Gasteiger partial charge in [0.25, 0.3) is 0 Å². The summed E-state index contributed by atoms with van der Waals surface area (Å²) in [5.74, 6) is 2.29. The summed E-state index contributed by atoms with van der Waals surface area (Å²) in [7, 11) is 1.90. The van der Waals surface area contributed by atoms with Gasteiger partial charge in [-0.2, -0.15) is 11.8 Å². The highest BCUT2D eigenvalue weighted by Gasteiger charge is 2.22. The Bertz CT molecular complexity index is 292. The first kappa shape index (κ1) is 17.6. The van der Waals surface area contributed by atoms with Crippen molar-refractivity contribution in [3.05, 3.63) is 0 Å². The van der Waals surface area contributed by atoms with Gasteiger partial charge >= 0.3 is 0 Å². The molecule has 2 unspecified atom stereocenters. The molecule has 0 spiro atoms. The zero-order valence-corrected chi connectivity index (χ0v) is 14.7. The van der Waals surface area contributed by atoms with E-state index in [1.54, 1.807) is 0 Å². The van der Waals surface area contributed by atoms with Gasteiger partial charge in [-0.05, 0) is 26.4 Å². The fraction of sp³-hybridized carbons (Fsp3) is 0.933. The minimum Gasteiger partial charge on any atom is -0.355 e. The van der Waals surface area contributed by atoms with E-state index < -0.39 is 0 Å². The van der Waals surface area contributed by atoms with Gasteiger partial charge in [0, 0.05) is 43.7 Å². The topological polar surface area (TPSA) is 30.9 Å². The molecule has 5 heteroatoms. The van der Waals surface area contributed by atoms with E-state index in [4.69, 9.17) is 0 Å². The summed E-state index contributed by atoms with van der Waals surface area (Å²) < 4.78 is 0. The lowest BCUT2D eigenvalue weighted by Crippen LogP contribution is -2.51. The second-order valence-electron chi connectivity index (χ2n) is 5.35. The maximum Gasteiger partial charge on any atom is 0.193 e. The molecule has 0 amide bonds. The summed E-state index contributed by atoms with van der Waals surface area (Å²) in [5.41, 5.74) is 0. The molecule has 0 bridgehead atoms. The Balaban J connectivity index is 2.47. The van der Waals surface area contributed by atoms with E-state index in [1.165, 1.54) is 12.2 Å². The van der Waals surface area contributed by atoms with Crippen molar-refractivity contribution in [3.63, 3.8) is 0 Å². The number of hydrogen-bond donors (Lipinski definition) is 1. The van der Waals surface area contributed by atoms with E-state index in [9.17, 15) is 0 Å². The molecule has 0 aromatic heterocycles. The lowest BCUT2D eigenvalue weighted by atomic mass is 10.2. The van der Waals surface area contributed by atoms with Crippen LogP contribution in [0, 0.1) is 0 Å². The molecule has 4 nitrogen and oxygen atoms in total. The van der Waals surface area contributed by atoms with Crippen LogP contribution in [0.4, 0.5) is 0 Å². The molecule has 1 N–H and O–H groups in total. The Morgan fingerprint density at radius 3 is 2.65 bits per heavy atom. The van der Waals surface area contributed by atoms with E-state index in [2.05, 4.69) is 59.6 Å². The predicted octanol–water partition coefficient (Wildman–Crippen LogP) is 2.12. The first-order valence-corrected chi connectivity index (χ1v) is 9.02. The summed E-state index contributed by atoms with van der Waals surface area (Å²) in [6.07, 6.45) is 1.24. The van der Waals surface area contributed by atoms with E-state index in [1.807, 2.05) is 7.05 Å². The average Bonchev–Trinajstić information content (AvgIpc) is 2.49. The fourth-order valence-electron chi connectivity index (χ4n) is 2.71. The van der Waals surface area contributed by atoms with Gasteiger partial charge in [-0.15, -0.1) is 0 Å². The van der Waals surface area contributed by atoms with Gasteiger partial charge in [0.05, 0.1) is 0 Å². The van der Waals surface area contributed by atoms with Gasteiger partial charge in [0.1, 0.15) is 0 Å². The molecule has 2 atom stereocenters. The third-order valence-electron chi connectivity index (χ3n) is 4.10. The second kappa shape index (κ2) is 9.50. The Kier molecular flexibility index (Phi) is 8.38. The van der Waals surface area contributed by atoms with Gasteiger partial charge in [-0.25, -0.2) is 0 Å². The van der Waals surface area contributed by atoms with Crippen LogP contribution in [-0.2, 0) is 0 Å². The van der Waals surface area contributed by atoms with Crippen LogP contribution in [0.25, 0.3) is 0 Å². The van der Waals surface area contributed by atoms with Crippen molar-refractivity contribution in [1.82, 2.24) is 15.1 Å². The van der Waals surface area contributed by atoms with Gasteiger partial charge < -0.3 is 10.2 Å². The van der Waals surface area contributed by atoms with Crippen molar-refractivity contribution in [2.24, 2.45) is 4.99 Å². The maximum atomic E-state index is 4.47. The average molecular weight is 301 g/mol. The summed E-state index contributed by atoms with van der Waals surface area (Å²) in [6, 6.07) is 0.544. The van der Waals surface area contributed by atoms with Crippen LogP contribution >= 0.6 is 11.8 Å². The summed E-state index contributed by atoms with van der Waals surface area (Å²) in [4.78, 5) is 9.36. The number of nitrogens with zero attached hydrogens (tertiary/aromatic N) is 3. The molecule has 0 aliphatic carbocycles. The number of rotatable bonds is 6. The lowest BCUT2D eigenvalue weighted by Gasteiger charge is -2.35. The fourth-order valence-corrected chi connectivity index (χ4v) is 3.89. The number of likely N-dealkylation sites (N-methyl/N-ethyl adjacent to an activating group) is 1. The van der Waals surface area contributed by atoms with E-state index in [0.29, 0.717) is 6.04 Å². The molecule has 1 saturated heterocycles. The standard InChI is InChI=1S/C15H32N4S/c1-6-14-12-19(9-10-20-14)15(16-5)17-11-13(4)18(7-2)8-3/h13-14H,6-12H2,1-5H3,(H,16,17). The zero-order chi connectivity index (χ0) is 15.0. The normalized spacial score (nSPS) is 22.2. The molecule has 1 heterocycles. The van der Waals surface area contributed by atoms with Crippen molar-refractivity contribution in [2.45, 2.75) is 45.4 Å². The van der Waals surface area contributed by atoms with Crippen molar-refractivity contribution in [1.29, 1.82) is 0 Å².